The third kappa shape index (κ3) is 4.61. The van der Waals surface area contributed by atoms with Crippen molar-refractivity contribution < 1.29 is 9.59 Å². The smallest absolute Gasteiger partial charge is 0.270 e. The van der Waals surface area contributed by atoms with E-state index in [2.05, 4.69) is 20.9 Å². The van der Waals surface area contributed by atoms with Crippen molar-refractivity contribution >= 4 is 23.6 Å². The lowest BCUT2D eigenvalue weighted by Gasteiger charge is -2.07. The minimum absolute atomic E-state index is 0.278. The molecule has 0 spiro atoms. The minimum atomic E-state index is -0.337. The highest BCUT2D eigenvalue weighted by Crippen LogP contribution is 2.11. The van der Waals surface area contributed by atoms with Crippen LogP contribution in [0.15, 0.2) is 73.3 Å². The van der Waals surface area contributed by atoms with Crippen molar-refractivity contribution in [1.82, 2.24) is 14.9 Å². The van der Waals surface area contributed by atoms with Gasteiger partial charge in [-0.2, -0.15) is 0 Å². The Hall–Kier alpha value is -3.74. The average Bonchev–Trinajstić information content (AvgIpc) is 3.14. The molecular weight excluding hydrogens is 318 g/mol. The molecule has 25 heavy (non-hydrogen) atoms. The number of amides is 2. The summed E-state index contributed by atoms with van der Waals surface area (Å²) in [7, 11) is 0. The second-order valence-corrected chi connectivity index (χ2v) is 5.12. The third-order valence-electron chi connectivity index (χ3n) is 3.27. The summed E-state index contributed by atoms with van der Waals surface area (Å²) in [6.45, 7) is 0. The summed E-state index contributed by atoms with van der Waals surface area (Å²) < 4.78 is 1.34. The van der Waals surface area contributed by atoms with Gasteiger partial charge in [0.05, 0.1) is 0 Å². The van der Waals surface area contributed by atoms with Crippen molar-refractivity contribution in [2.75, 3.05) is 10.7 Å². The zero-order valence-electron chi connectivity index (χ0n) is 13.2. The van der Waals surface area contributed by atoms with Gasteiger partial charge in [0, 0.05) is 17.3 Å². The van der Waals surface area contributed by atoms with Crippen LogP contribution >= 0.6 is 0 Å². The van der Waals surface area contributed by atoms with E-state index in [1.165, 1.54) is 23.4 Å². The number of benzene rings is 2. The first-order valence-corrected chi connectivity index (χ1v) is 7.51. The molecule has 2 aromatic carbocycles. The van der Waals surface area contributed by atoms with Gasteiger partial charge >= 0.3 is 0 Å². The van der Waals surface area contributed by atoms with E-state index < -0.39 is 0 Å². The van der Waals surface area contributed by atoms with Crippen LogP contribution in [0.1, 0.15) is 15.9 Å². The molecule has 124 valence electrons. The van der Waals surface area contributed by atoms with E-state index in [1.807, 2.05) is 30.3 Å². The highest BCUT2D eigenvalue weighted by molar-refractivity contribution is 6.04. The number of hydrogen-bond donors (Lipinski definition) is 2. The van der Waals surface area contributed by atoms with Gasteiger partial charge in [0.25, 0.3) is 5.91 Å². The van der Waals surface area contributed by atoms with Gasteiger partial charge in [0.1, 0.15) is 12.7 Å². The molecule has 2 N–H and O–H groups in total. The number of carbonyl (C=O) groups is 2. The largest absolute Gasteiger partial charge is 0.322 e. The Labute approximate surface area is 144 Å². The lowest BCUT2D eigenvalue weighted by Crippen LogP contribution is -2.21. The first-order chi connectivity index (χ1) is 12.2. The molecule has 3 rings (SSSR count). The van der Waals surface area contributed by atoms with E-state index >= 15 is 0 Å². The van der Waals surface area contributed by atoms with Crippen molar-refractivity contribution in [3.05, 3.63) is 84.5 Å². The van der Waals surface area contributed by atoms with E-state index in [0.29, 0.717) is 11.3 Å². The summed E-state index contributed by atoms with van der Waals surface area (Å²) in [5.41, 5.74) is 4.45. The fourth-order valence-corrected chi connectivity index (χ4v) is 2.10. The van der Waals surface area contributed by atoms with Gasteiger partial charge in [-0.05, 0) is 29.8 Å². The number of aromatic nitrogens is 3. The molecule has 1 aromatic heterocycles. The molecule has 0 unspecified atom stereocenters. The molecule has 0 saturated carbocycles. The molecule has 7 nitrogen and oxygen atoms in total. The third-order valence-corrected chi connectivity index (χ3v) is 3.27. The maximum absolute atomic E-state index is 12.1. The predicted molar refractivity (Wildman–Crippen MR) is 94.3 cm³/mol. The topological polar surface area (TPSA) is 88.9 Å². The highest BCUT2D eigenvalue weighted by Gasteiger charge is 2.07. The number of rotatable bonds is 5. The van der Waals surface area contributed by atoms with Crippen LogP contribution in [-0.4, -0.2) is 26.7 Å². The van der Waals surface area contributed by atoms with Gasteiger partial charge in [0.15, 0.2) is 0 Å². The molecule has 0 bridgehead atoms. The van der Waals surface area contributed by atoms with Crippen molar-refractivity contribution in [2.24, 2.45) is 0 Å². The van der Waals surface area contributed by atoms with Crippen LogP contribution in [0.2, 0.25) is 0 Å². The van der Waals surface area contributed by atoms with Crippen LogP contribution in [0.25, 0.3) is 6.08 Å². The van der Waals surface area contributed by atoms with Crippen LogP contribution < -0.4 is 10.7 Å². The maximum atomic E-state index is 12.1. The average molecular weight is 333 g/mol. The summed E-state index contributed by atoms with van der Waals surface area (Å²) in [4.78, 5) is 24.2. The maximum Gasteiger partial charge on any atom is 0.270 e. The molecular formula is C18H15N5O2. The lowest BCUT2D eigenvalue weighted by molar-refractivity contribution is -0.111. The molecule has 0 aliphatic rings. The van der Waals surface area contributed by atoms with E-state index in [0.717, 1.165) is 5.56 Å². The van der Waals surface area contributed by atoms with Crippen molar-refractivity contribution in [3.63, 3.8) is 0 Å². The molecule has 0 saturated heterocycles. The highest BCUT2D eigenvalue weighted by atomic mass is 16.2. The summed E-state index contributed by atoms with van der Waals surface area (Å²) in [6.07, 6.45) is 5.91. The van der Waals surface area contributed by atoms with Gasteiger partial charge in [-0.15, -0.1) is 10.2 Å². The molecule has 2 amide bonds. The van der Waals surface area contributed by atoms with E-state index in [-0.39, 0.29) is 11.8 Å². The van der Waals surface area contributed by atoms with Crippen molar-refractivity contribution in [1.29, 1.82) is 0 Å². The quantitative estimate of drug-likeness (QED) is 0.701. The predicted octanol–water partition coefficient (Wildman–Crippen LogP) is 2.31. The summed E-state index contributed by atoms with van der Waals surface area (Å²) >= 11 is 0. The summed E-state index contributed by atoms with van der Waals surface area (Å²) in [5, 5.41) is 9.94. The standard InChI is InChI=1S/C18H15N5O2/c24-17(10-9-14-5-2-1-3-6-14)21-16-8-4-7-15(11-16)18(25)22-23-12-19-20-13-23/h1-13H,(H,21,24)(H,22,25)/b10-9+. The first kappa shape index (κ1) is 16.1. The number of anilines is 1. The monoisotopic (exact) mass is 333 g/mol. The molecule has 3 aromatic rings. The van der Waals surface area contributed by atoms with Gasteiger partial charge in [-0.3, -0.25) is 15.0 Å². The molecule has 0 fully saturated rings. The van der Waals surface area contributed by atoms with E-state index in [1.54, 1.807) is 30.3 Å². The second kappa shape index (κ2) is 7.69. The number of hydrogen-bond acceptors (Lipinski definition) is 4. The number of nitrogens with one attached hydrogen (secondary N) is 2. The summed E-state index contributed by atoms with van der Waals surface area (Å²) in [6, 6.07) is 16.2. The van der Waals surface area contributed by atoms with Crippen LogP contribution in [-0.2, 0) is 4.79 Å². The zero-order chi connectivity index (χ0) is 17.5. The molecule has 0 radical (unpaired) electrons. The molecule has 0 aliphatic carbocycles. The van der Waals surface area contributed by atoms with E-state index in [9.17, 15) is 9.59 Å². The Morgan fingerprint density at radius 2 is 1.72 bits per heavy atom. The Kier molecular flexibility index (Phi) is 4.96. The van der Waals surface area contributed by atoms with Gasteiger partial charge in [-0.1, -0.05) is 36.4 Å². The summed E-state index contributed by atoms with van der Waals surface area (Å²) in [5.74, 6) is -0.615. The fraction of sp³-hybridized carbons (Fsp3) is 0. The molecule has 0 atom stereocenters. The lowest BCUT2D eigenvalue weighted by atomic mass is 10.2. The minimum Gasteiger partial charge on any atom is -0.322 e. The molecule has 1 heterocycles. The van der Waals surface area contributed by atoms with Crippen LogP contribution in [0.5, 0.6) is 0 Å². The SMILES string of the molecule is O=C(/C=C/c1ccccc1)Nc1cccc(C(=O)Nn2cnnc2)c1. The van der Waals surface area contributed by atoms with Gasteiger partial charge in [-0.25, -0.2) is 4.68 Å². The van der Waals surface area contributed by atoms with Crippen LogP contribution in [0.4, 0.5) is 5.69 Å². The van der Waals surface area contributed by atoms with Crippen molar-refractivity contribution in [3.8, 4) is 0 Å². The van der Waals surface area contributed by atoms with Crippen LogP contribution in [0, 0.1) is 0 Å². The molecule has 0 aliphatic heterocycles. The van der Waals surface area contributed by atoms with Gasteiger partial charge < -0.3 is 5.32 Å². The number of nitrogens with zero attached hydrogens (tertiary/aromatic N) is 3. The first-order valence-electron chi connectivity index (χ1n) is 7.51. The van der Waals surface area contributed by atoms with Gasteiger partial charge in [0.2, 0.25) is 5.91 Å². The normalized spacial score (nSPS) is 10.6. The molecule has 7 heteroatoms. The van der Waals surface area contributed by atoms with E-state index in [4.69, 9.17) is 0 Å². The Bertz CT molecular complexity index is 889. The number of carbonyl (C=O) groups excluding carboxylic acids is 2. The van der Waals surface area contributed by atoms with Crippen molar-refractivity contribution in [2.45, 2.75) is 0 Å². The zero-order valence-corrected chi connectivity index (χ0v) is 13.2. The fourth-order valence-electron chi connectivity index (χ4n) is 2.10. The van der Waals surface area contributed by atoms with Crippen LogP contribution in [0.3, 0.4) is 0 Å². The Balaban J connectivity index is 1.64. The Morgan fingerprint density at radius 3 is 2.48 bits per heavy atom. The second-order valence-electron chi connectivity index (χ2n) is 5.12. The Morgan fingerprint density at radius 1 is 0.960 bits per heavy atom.